The van der Waals surface area contributed by atoms with Gasteiger partial charge in [0.1, 0.15) is 11.8 Å². The van der Waals surface area contributed by atoms with Crippen molar-refractivity contribution in [3.63, 3.8) is 0 Å². The maximum Gasteiger partial charge on any atom is 0.387 e. The lowest BCUT2D eigenvalue weighted by atomic mass is 10.0. The molecule has 0 saturated heterocycles. The van der Waals surface area contributed by atoms with Crippen LogP contribution >= 0.6 is 23.2 Å². The normalized spacial score (nSPS) is 14.2. The van der Waals surface area contributed by atoms with E-state index in [-0.39, 0.29) is 23.6 Å². The van der Waals surface area contributed by atoms with Gasteiger partial charge in [0.05, 0.1) is 16.7 Å². The zero-order valence-electron chi connectivity index (χ0n) is 17.3. The zero-order valence-corrected chi connectivity index (χ0v) is 18.8. The number of benzene rings is 1. The summed E-state index contributed by atoms with van der Waals surface area (Å²) in [5.41, 5.74) is 1.30. The van der Waals surface area contributed by atoms with Crippen LogP contribution in [0.4, 0.5) is 8.78 Å². The van der Waals surface area contributed by atoms with Crippen LogP contribution in [0, 0.1) is 5.92 Å². The lowest BCUT2D eigenvalue weighted by Gasteiger charge is -2.21. The fourth-order valence-corrected chi connectivity index (χ4v) is 3.74. The van der Waals surface area contributed by atoms with E-state index in [0.717, 1.165) is 12.8 Å². The van der Waals surface area contributed by atoms with Crippen molar-refractivity contribution in [3.05, 3.63) is 75.8 Å². The van der Waals surface area contributed by atoms with E-state index in [1.54, 1.807) is 18.3 Å². The van der Waals surface area contributed by atoms with Crippen molar-refractivity contribution >= 4 is 29.2 Å². The largest absolute Gasteiger partial charge is 0.489 e. The molecule has 1 saturated carbocycles. The van der Waals surface area contributed by atoms with Gasteiger partial charge in [-0.3, -0.25) is 4.98 Å². The van der Waals surface area contributed by atoms with E-state index in [1.165, 1.54) is 30.6 Å². The van der Waals surface area contributed by atoms with Crippen LogP contribution in [0.3, 0.4) is 0 Å². The minimum absolute atomic E-state index is 0.0937. The fraction of sp³-hybridized carbons (Fsp3) is 0.304. The lowest BCUT2D eigenvalue weighted by Crippen LogP contribution is -2.15. The number of alkyl halides is 2. The zero-order chi connectivity index (χ0) is 23.4. The molecule has 10 heteroatoms. The first kappa shape index (κ1) is 23.3. The van der Waals surface area contributed by atoms with Crippen molar-refractivity contribution in [3.8, 4) is 11.5 Å². The van der Waals surface area contributed by atoms with Gasteiger partial charge < -0.3 is 19.2 Å². The van der Waals surface area contributed by atoms with Crippen LogP contribution in [0.25, 0.3) is 0 Å². The van der Waals surface area contributed by atoms with Crippen LogP contribution in [0.15, 0.2) is 48.9 Å². The standard InChI is InChI=1S/C23H20Cl2F2N2O4/c24-16-10-28-11-17(25)15(16)9-20(32-22(30)18-2-1-7-29-18)14-5-6-19(33-23(26)27)21(8-14)31-12-13-3-4-13/h1-2,5-8,10-11,13,20,23,29H,3-4,9,12H2/t20-/m0/s1. The Labute approximate surface area is 198 Å². The van der Waals surface area contributed by atoms with Crippen LogP contribution < -0.4 is 9.47 Å². The summed E-state index contributed by atoms with van der Waals surface area (Å²) >= 11 is 12.6. The number of esters is 1. The minimum Gasteiger partial charge on any atom is -0.489 e. The van der Waals surface area contributed by atoms with Gasteiger partial charge in [-0.05, 0) is 54.2 Å². The number of nitrogens with zero attached hydrogens (tertiary/aromatic N) is 1. The van der Waals surface area contributed by atoms with E-state index in [4.69, 9.17) is 32.7 Å². The molecule has 1 aliphatic carbocycles. The van der Waals surface area contributed by atoms with Gasteiger partial charge >= 0.3 is 12.6 Å². The number of pyridine rings is 1. The Morgan fingerprint density at radius 1 is 1.15 bits per heavy atom. The summed E-state index contributed by atoms with van der Waals surface area (Å²) in [5.74, 6) is -0.153. The molecule has 0 aliphatic heterocycles. The molecular formula is C23H20Cl2F2N2O4. The second-order valence-corrected chi connectivity index (χ2v) is 8.42. The van der Waals surface area contributed by atoms with Crippen LogP contribution in [0.5, 0.6) is 11.5 Å². The van der Waals surface area contributed by atoms with E-state index >= 15 is 0 Å². The second kappa shape index (κ2) is 10.4. The number of aromatic nitrogens is 2. The summed E-state index contributed by atoms with van der Waals surface area (Å²) in [7, 11) is 0. The van der Waals surface area contributed by atoms with Gasteiger partial charge in [0.15, 0.2) is 11.5 Å². The van der Waals surface area contributed by atoms with Gasteiger partial charge in [-0.15, -0.1) is 0 Å². The van der Waals surface area contributed by atoms with Crippen molar-refractivity contribution in [2.24, 2.45) is 5.92 Å². The number of H-pyrrole nitrogens is 1. The average molecular weight is 497 g/mol. The van der Waals surface area contributed by atoms with Gasteiger partial charge in [-0.25, -0.2) is 4.79 Å². The maximum absolute atomic E-state index is 12.9. The number of hydrogen-bond donors (Lipinski definition) is 1. The molecule has 0 radical (unpaired) electrons. The quantitative estimate of drug-likeness (QED) is 0.336. The Morgan fingerprint density at radius 2 is 1.91 bits per heavy atom. The van der Waals surface area contributed by atoms with E-state index < -0.39 is 18.7 Å². The number of ether oxygens (including phenoxy) is 3. The maximum atomic E-state index is 12.9. The highest BCUT2D eigenvalue weighted by molar-refractivity contribution is 6.35. The van der Waals surface area contributed by atoms with Crippen molar-refractivity contribution in [1.82, 2.24) is 9.97 Å². The summed E-state index contributed by atoms with van der Waals surface area (Å²) in [6.45, 7) is -2.62. The van der Waals surface area contributed by atoms with E-state index in [9.17, 15) is 13.6 Å². The molecule has 2 heterocycles. The first-order chi connectivity index (χ1) is 15.9. The topological polar surface area (TPSA) is 73.4 Å². The summed E-state index contributed by atoms with van der Waals surface area (Å²) < 4.78 is 41.9. The molecule has 0 spiro atoms. The van der Waals surface area contributed by atoms with Crippen LogP contribution in [0.2, 0.25) is 10.0 Å². The Hall–Kier alpha value is -2.84. The number of carbonyl (C=O) groups is 1. The minimum atomic E-state index is -3.00. The van der Waals surface area contributed by atoms with Gasteiger partial charge in [0.25, 0.3) is 0 Å². The molecular weight excluding hydrogens is 477 g/mol. The Bertz CT molecular complexity index is 1090. The lowest BCUT2D eigenvalue weighted by molar-refractivity contribution is -0.0515. The third-order valence-electron chi connectivity index (χ3n) is 5.14. The Balaban J connectivity index is 1.66. The van der Waals surface area contributed by atoms with Crippen molar-refractivity contribution < 1.29 is 27.8 Å². The molecule has 33 heavy (non-hydrogen) atoms. The molecule has 4 rings (SSSR count). The number of rotatable bonds is 10. The Morgan fingerprint density at radius 3 is 2.55 bits per heavy atom. The first-order valence-corrected chi connectivity index (χ1v) is 11.0. The number of nitrogens with one attached hydrogen (secondary N) is 1. The second-order valence-electron chi connectivity index (χ2n) is 7.60. The summed E-state index contributed by atoms with van der Waals surface area (Å²) in [6, 6.07) is 7.69. The highest BCUT2D eigenvalue weighted by atomic mass is 35.5. The van der Waals surface area contributed by atoms with Crippen molar-refractivity contribution in [1.29, 1.82) is 0 Å². The molecule has 2 aromatic heterocycles. The number of aromatic amines is 1. The molecule has 1 fully saturated rings. The number of halogens is 4. The molecule has 0 unspecified atom stereocenters. The molecule has 0 amide bonds. The monoisotopic (exact) mass is 496 g/mol. The highest BCUT2D eigenvalue weighted by Crippen LogP contribution is 2.38. The number of carbonyl (C=O) groups excluding carboxylic acids is 1. The van der Waals surface area contributed by atoms with Crippen LogP contribution in [0.1, 0.15) is 40.6 Å². The van der Waals surface area contributed by atoms with Gasteiger partial charge in [0.2, 0.25) is 0 Å². The number of hydrogen-bond acceptors (Lipinski definition) is 5. The van der Waals surface area contributed by atoms with Gasteiger partial charge in [0, 0.05) is 25.0 Å². The molecule has 0 bridgehead atoms. The van der Waals surface area contributed by atoms with E-state index in [1.807, 2.05) is 0 Å². The van der Waals surface area contributed by atoms with E-state index in [0.29, 0.717) is 33.7 Å². The van der Waals surface area contributed by atoms with E-state index in [2.05, 4.69) is 14.7 Å². The van der Waals surface area contributed by atoms with Crippen LogP contribution in [-0.4, -0.2) is 29.2 Å². The smallest absolute Gasteiger partial charge is 0.387 e. The summed E-state index contributed by atoms with van der Waals surface area (Å²) in [4.78, 5) is 19.4. The molecule has 1 N–H and O–H groups in total. The van der Waals surface area contributed by atoms with Crippen molar-refractivity contribution in [2.45, 2.75) is 32.0 Å². The van der Waals surface area contributed by atoms with Gasteiger partial charge in [-0.2, -0.15) is 8.78 Å². The Kier molecular flexibility index (Phi) is 7.35. The highest BCUT2D eigenvalue weighted by Gasteiger charge is 2.26. The summed E-state index contributed by atoms with van der Waals surface area (Å²) in [6.07, 6.45) is 5.82. The third kappa shape index (κ3) is 6.15. The average Bonchev–Trinajstić information content (AvgIpc) is 3.44. The molecule has 3 aromatic rings. The van der Waals surface area contributed by atoms with Crippen LogP contribution in [-0.2, 0) is 11.2 Å². The summed E-state index contributed by atoms with van der Waals surface area (Å²) in [5, 5.41) is 0.623. The predicted molar refractivity (Wildman–Crippen MR) is 118 cm³/mol. The molecule has 1 atom stereocenters. The van der Waals surface area contributed by atoms with Crippen molar-refractivity contribution in [2.75, 3.05) is 6.61 Å². The first-order valence-electron chi connectivity index (χ1n) is 10.2. The SMILES string of the molecule is O=C(O[C@@H](Cc1c(Cl)cncc1Cl)c1ccc(OC(F)F)c(OCC2CC2)c1)c1ccc[nH]1. The molecule has 1 aliphatic rings. The molecule has 174 valence electrons. The van der Waals surface area contributed by atoms with Gasteiger partial charge in [-0.1, -0.05) is 29.3 Å². The molecule has 1 aromatic carbocycles. The molecule has 6 nitrogen and oxygen atoms in total. The predicted octanol–water partition coefficient (Wildman–Crippen LogP) is 6.25. The fourth-order valence-electron chi connectivity index (χ4n) is 3.22. The third-order valence-corrected chi connectivity index (χ3v) is 5.79.